The molecule has 0 atom stereocenters. The van der Waals surface area contributed by atoms with Crippen LogP contribution in [0.25, 0.3) is 0 Å². The first-order valence-corrected chi connectivity index (χ1v) is 9.86. The van der Waals surface area contributed by atoms with Crippen molar-refractivity contribution in [1.29, 1.82) is 0 Å². The number of hydrogen-bond donors (Lipinski definition) is 2. The first-order valence-electron chi connectivity index (χ1n) is 9.86. The molecule has 0 saturated carbocycles. The number of hydrogen-bond acceptors (Lipinski definition) is 3. The van der Waals surface area contributed by atoms with Gasteiger partial charge in [0.15, 0.2) is 0 Å². The molecular formula is C22H23F2N3O3. The molecular weight excluding hydrogens is 392 g/mol. The van der Waals surface area contributed by atoms with Crippen LogP contribution >= 0.6 is 0 Å². The molecule has 1 heterocycles. The van der Waals surface area contributed by atoms with Gasteiger partial charge in [-0.05, 0) is 55.7 Å². The molecule has 1 fully saturated rings. The number of rotatable bonds is 7. The lowest BCUT2D eigenvalue weighted by Crippen LogP contribution is -2.27. The third-order valence-corrected chi connectivity index (χ3v) is 4.85. The van der Waals surface area contributed by atoms with E-state index in [-0.39, 0.29) is 30.3 Å². The topological polar surface area (TPSA) is 78.5 Å². The summed E-state index contributed by atoms with van der Waals surface area (Å²) in [5.41, 5.74) is 0.922. The maximum Gasteiger partial charge on any atom is 0.254 e. The summed E-state index contributed by atoms with van der Waals surface area (Å²) in [6.07, 6.45) is 2.56. The molecule has 0 unspecified atom stereocenters. The monoisotopic (exact) mass is 415 g/mol. The zero-order valence-electron chi connectivity index (χ0n) is 16.4. The van der Waals surface area contributed by atoms with Crippen LogP contribution in [0.3, 0.4) is 0 Å². The Morgan fingerprint density at radius 3 is 2.33 bits per heavy atom. The van der Waals surface area contributed by atoms with E-state index in [0.717, 1.165) is 38.1 Å². The summed E-state index contributed by atoms with van der Waals surface area (Å²) in [7, 11) is 0. The quantitative estimate of drug-likeness (QED) is 0.681. The molecule has 3 rings (SSSR count). The highest BCUT2D eigenvalue weighted by Gasteiger charge is 2.19. The van der Waals surface area contributed by atoms with E-state index in [1.165, 1.54) is 0 Å². The van der Waals surface area contributed by atoms with Gasteiger partial charge in [-0.3, -0.25) is 14.4 Å². The number of likely N-dealkylation sites (tertiary alicyclic amines) is 1. The van der Waals surface area contributed by atoms with Gasteiger partial charge in [-0.15, -0.1) is 0 Å². The van der Waals surface area contributed by atoms with Gasteiger partial charge in [0.05, 0.1) is 5.56 Å². The molecule has 0 radical (unpaired) electrons. The lowest BCUT2D eigenvalue weighted by atomic mass is 10.1. The van der Waals surface area contributed by atoms with Gasteiger partial charge in [-0.1, -0.05) is 0 Å². The van der Waals surface area contributed by atoms with Crippen LogP contribution in [0.15, 0.2) is 42.5 Å². The number of halogens is 2. The molecule has 0 aliphatic carbocycles. The smallest absolute Gasteiger partial charge is 0.254 e. The van der Waals surface area contributed by atoms with Crippen molar-refractivity contribution in [3.8, 4) is 0 Å². The van der Waals surface area contributed by atoms with E-state index in [9.17, 15) is 23.2 Å². The van der Waals surface area contributed by atoms with E-state index < -0.39 is 17.5 Å². The Kier molecular flexibility index (Phi) is 7.11. The van der Waals surface area contributed by atoms with Gasteiger partial charge < -0.3 is 15.5 Å². The summed E-state index contributed by atoms with van der Waals surface area (Å²) in [5, 5.41) is 5.24. The van der Waals surface area contributed by atoms with Gasteiger partial charge in [0.25, 0.3) is 11.8 Å². The fourth-order valence-corrected chi connectivity index (χ4v) is 3.24. The minimum Gasteiger partial charge on any atom is -0.352 e. The van der Waals surface area contributed by atoms with E-state index >= 15 is 0 Å². The Balaban J connectivity index is 1.40. The van der Waals surface area contributed by atoms with E-state index in [2.05, 4.69) is 10.6 Å². The van der Waals surface area contributed by atoms with E-state index in [4.69, 9.17) is 0 Å². The third-order valence-electron chi connectivity index (χ3n) is 4.85. The lowest BCUT2D eigenvalue weighted by molar-refractivity contribution is -0.116. The molecule has 30 heavy (non-hydrogen) atoms. The molecule has 1 saturated heterocycles. The Morgan fingerprint density at radius 1 is 0.967 bits per heavy atom. The van der Waals surface area contributed by atoms with Crippen LogP contribution in [0.2, 0.25) is 0 Å². The number of amides is 3. The third kappa shape index (κ3) is 5.62. The molecule has 2 aromatic rings. The molecule has 2 aromatic carbocycles. The number of carbonyl (C=O) groups is 3. The predicted octanol–water partition coefficient (Wildman–Crippen LogP) is 3.35. The molecule has 3 amide bonds. The highest BCUT2D eigenvalue weighted by Crippen LogP contribution is 2.16. The van der Waals surface area contributed by atoms with Crippen LogP contribution in [0.4, 0.5) is 14.5 Å². The minimum absolute atomic E-state index is 0.00120. The molecule has 8 heteroatoms. The van der Waals surface area contributed by atoms with E-state index in [1.54, 1.807) is 24.3 Å². The Morgan fingerprint density at radius 2 is 1.67 bits per heavy atom. The summed E-state index contributed by atoms with van der Waals surface area (Å²) in [6.45, 7) is 1.73. The van der Waals surface area contributed by atoms with Gasteiger partial charge >= 0.3 is 0 Å². The zero-order valence-corrected chi connectivity index (χ0v) is 16.4. The predicted molar refractivity (Wildman–Crippen MR) is 108 cm³/mol. The van der Waals surface area contributed by atoms with Crippen LogP contribution < -0.4 is 10.6 Å². The molecule has 0 aromatic heterocycles. The first-order chi connectivity index (χ1) is 14.4. The van der Waals surface area contributed by atoms with Crippen molar-refractivity contribution >= 4 is 23.4 Å². The Hall–Kier alpha value is -3.29. The Bertz CT molecular complexity index is 926. The SMILES string of the molecule is O=C(CCCNC(=O)c1ccc(F)cc1F)Nc1ccc(C(=O)N2CCCC2)cc1. The number of nitrogens with one attached hydrogen (secondary N) is 2. The molecule has 0 bridgehead atoms. The van der Waals surface area contributed by atoms with Crippen LogP contribution in [-0.2, 0) is 4.79 Å². The van der Waals surface area contributed by atoms with Gasteiger partial charge in [-0.25, -0.2) is 8.78 Å². The summed E-state index contributed by atoms with van der Waals surface area (Å²) >= 11 is 0. The van der Waals surface area contributed by atoms with Crippen molar-refractivity contribution in [1.82, 2.24) is 10.2 Å². The van der Waals surface area contributed by atoms with E-state index in [1.807, 2.05) is 4.90 Å². The second-order valence-corrected chi connectivity index (χ2v) is 7.11. The molecule has 2 N–H and O–H groups in total. The highest BCUT2D eigenvalue weighted by atomic mass is 19.1. The Labute approximate surface area is 173 Å². The highest BCUT2D eigenvalue weighted by molar-refractivity contribution is 5.96. The molecule has 6 nitrogen and oxygen atoms in total. The van der Waals surface area contributed by atoms with Crippen molar-refractivity contribution < 1.29 is 23.2 Å². The molecule has 0 spiro atoms. The fraction of sp³-hybridized carbons (Fsp3) is 0.318. The van der Waals surface area contributed by atoms with Crippen LogP contribution in [0, 0.1) is 11.6 Å². The van der Waals surface area contributed by atoms with Crippen molar-refractivity contribution in [2.24, 2.45) is 0 Å². The van der Waals surface area contributed by atoms with Gasteiger partial charge in [0, 0.05) is 43.4 Å². The average molecular weight is 415 g/mol. The molecule has 1 aliphatic heterocycles. The standard InChI is InChI=1S/C22H23F2N3O3/c23-16-7-10-18(19(24)14-16)21(29)25-11-3-4-20(28)26-17-8-5-15(6-9-17)22(30)27-12-1-2-13-27/h5-10,14H,1-4,11-13H2,(H,25,29)(H,26,28). The number of carbonyl (C=O) groups excluding carboxylic acids is 3. The second-order valence-electron chi connectivity index (χ2n) is 7.11. The van der Waals surface area contributed by atoms with Gasteiger partial charge in [-0.2, -0.15) is 0 Å². The van der Waals surface area contributed by atoms with E-state index in [0.29, 0.717) is 23.7 Å². The second kappa shape index (κ2) is 9.96. The van der Waals surface area contributed by atoms with Crippen molar-refractivity contribution in [2.75, 3.05) is 25.0 Å². The lowest BCUT2D eigenvalue weighted by Gasteiger charge is -2.15. The molecule has 158 valence electrons. The number of benzene rings is 2. The first kappa shape index (κ1) is 21.4. The number of nitrogens with zero attached hydrogens (tertiary/aromatic N) is 1. The van der Waals surface area contributed by atoms with Crippen molar-refractivity contribution in [3.05, 3.63) is 65.2 Å². The fourth-order valence-electron chi connectivity index (χ4n) is 3.24. The van der Waals surface area contributed by atoms with Crippen LogP contribution in [0.1, 0.15) is 46.4 Å². The van der Waals surface area contributed by atoms with Gasteiger partial charge in [0.1, 0.15) is 11.6 Å². The summed E-state index contributed by atoms with van der Waals surface area (Å²) in [6, 6.07) is 9.47. The van der Waals surface area contributed by atoms with Crippen molar-refractivity contribution in [3.63, 3.8) is 0 Å². The minimum atomic E-state index is -0.933. The van der Waals surface area contributed by atoms with Crippen LogP contribution in [-0.4, -0.2) is 42.3 Å². The van der Waals surface area contributed by atoms with Gasteiger partial charge in [0.2, 0.25) is 5.91 Å². The maximum absolute atomic E-state index is 13.6. The normalized spacial score (nSPS) is 13.2. The zero-order chi connectivity index (χ0) is 21.5. The van der Waals surface area contributed by atoms with Crippen LogP contribution in [0.5, 0.6) is 0 Å². The molecule has 1 aliphatic rings. The maximum atomic E-state index is 13.6. The number of anilines is 1. The summed E-state index contributed by atoms with van der Waals surface area (Å²) in [4.78, 5) is 38.1. The average Bonchev–Trinajstić information content (AvgIpc) is 3.26. The summed E-state index contributed by atoms with van der Waals surface area (Å²) in [5.74, 6) is -2.59. The largest absolute Gasteiger partial charge is 0.352 e. The van der Waals surface area contributed by atoms with Crippen molar-refractivity contribution in [2.45, 2.75) is 25.7 Å². The summed E-state index contributed by atoms with van der Waals surface area (Å²) < 4.78 is 26.4.